The lowest BCUT2D eigenvalue weighted by molar-refractivity contribution is 0.670. The van der Waals surface area contributed by atoms with Crippen LogP contribution in [0.5, 0.6) is 0 Å². The molecule has 14 aromatic carbocycles. The second-order valence-corrected chi connectivity index (χ2v) is 20.0. The molecule has 0 N–H and O–H groups in total. The maximum atomic E-state index is 7.25. The van der Waals surface area contributed by atoms with Crippen LogP contribution in [0, 0.1) is 0 Å². The summed E-state index contributed by atoms with van der Waals surface area (Å²) < 4.78 is 7.25. The van der Waals surface area contributed by atoms with Crippen LogP contribution in [0.2, 0.25) is 0 Å². The topological polar surface area (TPSA) is 16.4 Å². The fourth-order valence-corrected chi connectivity index (χ4v) is 11.7. The van der Waals surface area contributed by atoms with Crippen LogP contribution in [0.1, 0.15) is 0 Å². The molecule has 0 unspecified atom stereocenters. The lowest BCUT2D eigenvalue weighted by Gasteiger charge is -2.26. The average Bonchev–Trinajstić information content (AvgIpc) is 3.97. The molecule has 15 aromatic rings. The van der Waals surface area contributed by atoms with E-state index in [0.29, 0.717) is 0 Å². The highest BCUT2D eigenvalue weighted by Gasteiger charge is 2.24. The second-order valence-electron chi connectivity index (χ2n) is 20.0. The fourth-order valence-electron chi connectivity index (χ4n) is 11.7. The molecule has 0 spiro atoms. The van der Waals surface area contributed by atoms with Gasteiger partial charge in [0.1, 0.15) is 5.58 Å². The van der Waals surface area contributed by atoms with Crippen LogP contribution in [0.3, 0.4) is 0 Å². The molecule has 0 atom stereocenters. The molecule has 354 valence electrons. The summed E-state index contributed by atoms with van der Waals surface area (Å²) in [6.07, 6.45) is 0. The Balaban J connectivity index is 0.838. The van der Waals surface area contributed by atoms with Crippen LogP contribution in [-0.4, -0.2) is 0 Å². The Kier molecular flexibility index (Phi) is 10.2. The van der Waals surface area contributed by atoms with Crippen molar-refractivity contribution in [3.05, 3.63) is 285 Å². The fraction of sp³-hybridized carbons (Fsp3) is 0. The normalized spacial score (nSPS) is 11.7. The van der Waals surface area contributed by atoms with E-state index in [9.17, 15) is 0 Å². The summed E-state index contributed by atoms with van der Waals surface area (Å²) in [6.45, 7) is 0. The lowest BCUT2D eigenvalue weighted by Crippen LogP contribution is -2.10. The highest BCUT2D eigenvalue weighted by atomic mass is 16.3. The molecule has 0 saturated heterocycles. The van der Waals surface area contributed by atoms with Crippen LogP contribution in [0.15, 0.2) is 290 Å². The number of rotatable bonds is 8. The largest absolute Gasteiger partial charge is 0.453 e. The first kappa shape index (κ1) is 43.6. The summed E-state index contributed by atoms with van der Waals surface area (Å²) in [7, 11) is 0. The third kappa shape index (κ3) is 7.50. The summed E-state index contributed by atoms with van der Waals surface area (Å²) in [5.74, 6) is 0. The van der Waals surface area contributed by atoms with E-state index in [1.807, 2.05) is 0 Å². The Hall–Kier alpha value is -10.0. The standard InChI is InChI=1S/C74H47NO/c1-2-14-52(15-3-1)69-22-11-23-70-72-68-20-9-8-18-62(68)47-71(74(72)76-73(69)70)75(64-37-32-50(33-38-64)55-27-28-59-44-60(30-29-58(59)43-55)57-26-24-48-12-4-6-16-53(48)42-57)65-39-34-51(35-40-65)56-36-41-67-61(46-56)19-10-21-66(67)63-31-25-49-13-5-7-17-54(49)45-63/h1-47H. The number of furan rings is 1. The van der Waals surface area contributed by atoms with E-state index >= 15 is 0 Å². The van der Waals surface area contributed by atoms with Crippen LogP contribution < -0.4 is 4.90 Å². The van der Waals surface area contributed by atoms with Gasteiger partial charge in [0.25, 0.3) is 0 Å². The predicted molar refractivity (Wildman–Crippen MR) is 323 cm³/mol. The van der Waals surface area contributed by atoms with Gasteiger partial charge in [-0.3, -0.25) is 0 Å². The maximum Gasteiger partial charge on any atom is 0.160 e. The van der Waals surface area contributed by atoms with E-state index in [0.717, 1.165) is 72.0 Å². The van der Waals surface area contributed by atoms with Crippen molar-refractivity contribution < 1.29 is 4.42 Å². The Bertz CT molecular complexity index is 4740. The summed E-state index contributed by atoms with van der Waals surface area (Å²) in [5.41, 5.74) is 16.5. The van der Waals surface area contributed by atoms with Gasteiger partial charge in [-0.1, -0.05) is 224 Å². The number of hydrogen-bond donors (Lipinski definition) is 0. The summed E-state index contributed by atoms with van der Waals surface area (Å²) >= 11 is 0. The highest BCUT2D eigenvalue weighted by molar-refractivity contribution is 6.24. The number of fused-ring (bicyclic) bond motifs is 9. The Labute approximate surface area is 440 Å². The zero-order valence-corrected chi connectivity index (χ0v) is 41.5. The number of para-hydroxylation sites is 1. The average molecular weight is 966 g/mol. The minimum atomic E-state index is 0.847. The molecular formula is C74H47NO. The van der Waals surface area contributed by atoms with Gasteiger partial charge in [-0.15, -0.1) is 0 Å². The Morgan fingerprint density at radius 2 is 0.645 bits per heavy atom. The first-order chi connectivity index (χ1) is 37.6. The first-order valence-electron chi connectivity index (χ1n) is 26.1. The quantitative estimate of drug-likeness (QED) is 0.151. The Morgan fingerprint density at radius 1 is 0.224 bits per heavy atom. The van der Waals surface area contributed by atoms with Gasteiger partial charge in [-0.05, 0) is 165 Å². The lowest BCUT2D eigenvalue weighted by atomic mass is 9.94. The van der Waals surface area contributed by atoms with Crippen molar-refractivity contribution in [2.45, 2.75) is 0 Å². The van der Waals surface area contributed by atoms with Gasteiger partial charge in [0.15, 0.2) is 5.58 Å². The molecule has 2 nitrogen and oxygen atoms in total. The third-order valence-corrected chi connectivity index (χ3v) is 15.6. The van der Waals surface area contributed by atoms with Crippen molar-refractivity contribution in [2.75, 3.05) is 4.90 Å². The zero-order chi connectivity index (χ0) is 50.1. The van der Waals surface area contributed by atoms with Gasteiger partial charge in [0.05, 0.1) is 5.69 Å². The molecule has 0 aliphatic rings. The maximum absolute atomic E-state index is 7.25. The highest BCUT2D eigenvalue weighted by Crippen LogP contribution is 2.48. The van der Waals surface area contributed by atoms with E-state index < -0.39 is 0 Å². The van der Waals surface area contributed by atoms with Crippen molar-refractivity contribution in [1.82, 2.24) is 0 Å². The number of anilines is 3. The first-order valence-corrected chi connectivity index (χ1v) is 26.1. The van der Waals surface area contributed by atoms with E-state index in [2.05, 4.69) is 290 Å². The van der Waals surface area contributed by atoms with Crippen molar-refractivity contribution in [3.63, 3.8) is 0 Å². The minimum Gasteiger partial charge on any atom is -0.453 e. The molecule has 76 heavy (non-hydrogen) atoms. The summed E-state index contributed by atoms with van der Waals surface area (Å²) in [4.78, 5) is 2.37. The predicted octanol–water partition coefficient (Wildman–Crippen LogP) is 21.2. The smallest absolute Gasteiger partial charge is 0.160 e. The molecule has 1 aromatic heterocycles. The van der Waals surface area contributed by atoms with Crippen molar-refractivity contribution in [2.24, 2.45) is 0 Å². The summed E-state index contributed by atoms with van der Waals surface area (Å²) in [6, 6.07) is 104. The summed E-state index contributed by atoms with van der Waals surface area (Å²) in [5, 5.41) is 14.4. The second kappa shape index (κ2) is 17.9. The zero-order valence-electron chi connectivity index (χ0n) is 41.5. The van der Waals surface area contributed by atoms with Gasteiger partial charge in [-0.2, -0.15) is 0 Å². The van der Waals surface area contributed by atoms with Crippen molar-refractivity contribution in [3.8, 4) is 55.6 Å². The van der Waals surface area contributed by atoms with Crippen molar-refractivity contribution >= 4 is 92.9 Å². The minimum absolute atomic E-state index is 0.847. The molecule has 15 rings (SSSR count). The number of nitrogens with zero attached hydrogens (tertiary/aromatic N) is 1. The van der Waals surface area contributed by atoms with Crippen molar-refractivity contribution in [1.29, 1.82) is 0 Å². The van der Waals surface area contributed by atoms with E-state index in [-0.39, 0.29) is 0 Å². The van der Waals surface area contributed by atoms with Gasteiger partial charge < -0.3 is 9.32 Å². The van der Waals surface area contributed by atoms with E-state index in [1.165, 1.54) is 76.5 Å². The molecule has 1 heterocycles. The molecule has 0 fully saturated rings. The number of benzene rings is 14. The van der Waals surface area contributed by atoms with Gasteiger partial charge in [0.2, 0.25) is 0 Å². The monoisotopic (exact) mass is 965 g/mol. The van der Waals surface area contributed by atoms with Gasteiger partial charge >= 0.3 is 0 Å². The molecule has 2 heteroatoms. The van der Waals surface area contributed by atoms with Crippen LogP contribution in [0.25, 0.3) is 131 Å². The number of hydrogen-bond acceptors (Lipinski definition) is 2. The van der Waals surface area contributed by atoms with Crippen LogP contribution >= 0.6 is 0 Å². The van der Waals surface area contributed by atoms with Gasteiger partial charge in [0, 0.05) is 27.7 Å². The van der Waals surface area contributed by atoms with Crippen LogP contribution in [-0.2, 0) is 0 Å². The molecule has 0 aliphatic heterocycles. The van der Waals surface area contributed by atoms with E-state index in [4.69, 9.17) is 4.42 Å². The molecule has 0 saturated carbocycles. The Morgan fingerprint density at radius 3 is 1.29 bits per heavy atom. The molecule has 0 bridgehead atoms. The van der Waals surface area contributed by atoms with Crippen LogP contribution in [0.4, 0.5) is 17.1 Å². The molecule has 0 radical (unpaired) electrons. The molecular weight excluding hydrogens is 919 g/mol. The molecule has 0 aliphatic carbocycles. The third-order valence-electron chi connectivity index (χ3n) is 15.6. The SMILES string of the molecule is c1ccc(-c2cccc3c2oc2c(N(c4ccc(-c5ccc6cc(-c7ccc8ccccc8c7)ccc6c5)cc4)c4ccc(-c5ccc6c(-c7ccc8ccccc8c7)cccc6c5)cc4)cc4ccccc4c23)cc1. The van der Waals surface area contributed by atoms with E-state index in [1.54, 1.807) is 0 Å². The van der Waals surface area contributed by atoms with Gasteiger partial charge in [-0.25, -0.2) is 0 Å². The molecule has 0 amide bonds.